The van der Waals surface area contributed by atoms with Crippen molar-refractivity contribution in [1.29, 1.82) is 0 Å². The van der Waals surface area contributed by atoms with E-state index in [1.54, 1.807) is 0 Å². The van der Waals surface area contributed by atoms with E-state index in [0.717, 1.165) is 25.7 Å². The van der Waals surface area contributed by atoms with Crippen LogP contribution < -0.4 is 0 Å². The Hall–Kier alpha value is -1.06. The first-order valence-electron chi connectivity index (χ1n) is 15.9. The van der Waals surface area contributed by atoms with E-state index in [2.05, 4.69) is 13.8 Å². The maximum absolute atomic E-state index is 12.8. The fourth-order valence-electron chi connectivity index (χ4n) is 4.87. The molecule has 0 aromatic heterocycles. The average Bonchev–Trinajstić information content (AvgIpc) is 2.89. The minimum absolute atomic E-state index is 0.396. The number of carbonyl (C=O) groups excluding carboxylic acids is 2. The maximum Gasteiger partial charge on any atom is 0.323 e. The molecule has 0 aliphatic heterocycles. The number of unbranched alkanes of at least 4 members (excludes halogenated alkanes) is 19. The summed E-state index contributed by atoms with van der Waals surface area (Å²) in [5.41, 5.74) is -1.14. The number of ether oxygens (including phenoxy) is 2. The van der Waals surface area contributed by atoms with Gasteiger partial charge in [-0.2, -0.15) is 0 Å². The first-order valence-corrected chi connectivity index (χ1v) is 15.9. The average molecular weight is 511 g/mol. The van der Waals surface area contributed by atoms with Crippen LogP contribution in [0, 0.1) is 5.41 Å². The summed E-state index contributed by atoms with van der Waals surface area (Å²) in [6, 6.07) is 0. The fraction of sp³-hybridized carbons (Fsp3) is 0.938. The lowest BCUT2D eigenvalue weighted by Crippen LogP contribution is -2.41. The first kappa shape index (κ1) is 34.9. The minimum atomic E-state index is -1.14. The molecule has 0 saturated heterocycles. The summed E-state index contributed by atoms with van der Waals surface area (Å²) in [5, 5.41) is 0. The normalized spacial score (nSPS) is 11.6. The summed E-state index contributed by atoms with van der Waals surface area (Å²) in [4.78, 5) is 25.7. The molecule has 0 unspecified atom stereocenters. The quantitative estimate of drug-likeness (QED) is 0.0626. The molecule has 0 spiro atoms. The summed E-state index contributed by atoms with van der Waals surface area (Å²) in [6.45, 7) is 9.09. The second-order valence-corrected chi connectivity index (χ2v) is 10.8. The SMILES string of the molecule is CCCCCCCCCCCCCOC(=O)C(CC)(CC)C(=O)OCCCCCCCCCCCC. The Morgan fingerprint density at radius 2 is 0.667 bits per heavy atom. The van der Waals surface area contributed by atoms with Crippen molar-refractivity contribution < 1.29 is 19.1 Å². The number of hydrogen-bond donors (Lipinski definition) is 0. The molecule has 0 saturated carbocycles. The molecule has 214 valence electrons. The smallest absolute Gasteiger partial charge is 0.323 e. The molecule has 0 bridgehead atoms. The molecule has 0 aliphatic rings. The van der Waals surface area contributed by atoms with Crippen LogP contribution in [0.15, 0.2) is 0 Å². The van der Waals surface area contributed by atoms with E-state index in [4.69, 9.17) is 9.47 Å². The summed E-state index contributed by atoms with van der Waals surface area (Å²) in [5.74, 6) is -0.792. The van der Waals surface area contributed by atoms with Crippen molar-refractivity contribution in [3.63, 3.8) is 0 Å². The molecule has 0 radical (unpaired) electrons. The highest BCUT2D eigenvalue weighted by atomic mass is 16.6. The number of carbonyl (C=O) groups is 2. The molecule has 0 fully saturated rings. The zero-order valence-corrected chi connectivity index (χ0v) is 24.8. The van der Waals surface area contributed by atoms with Crippen molar-refractivity contribution in [3.05, 3.63) is 0 Å². The minimum Gasteiger partial charge on any atom is -0.465 e. The van der Waals surface area contributed by atoms with Crippen molar-refractivity contribution in [2.75, 3.05) is 13.2 Å². The summed E-state index contributed by atoms with van der Waals surface area (Å²) in [6.07, 6.45) is 27.2. The van der Waals surface area contributed by atoms with E-state index in [1.807, 2.05) is 13.8 Å². The number of esters is 2. The van der Waals surface area contributed by atoms with E-state index in [-0.39, 0.29) is 0 Å². The van der Waals surface area contributed by atoms with Crippen molar-refractivity contribution in [2.45, 2.75) is 175 Å². The van der Waals surface area contributed by atoms with Gasteiger partial charge in [0.2, 0.25) is 0 Å². The molecule has 0 N–H and O–H groups in total. The summed E-state index contributed by atoms with van der Waals surface area (Å²) < 4.78 is 11.1. The van der Waals surface area contributed by atoms with Gasteiger partial charge in [-0.25, -0.2) is 0 Å². The zero-order valence-electron chi connectivity index (χ0n) is 24.8. The van der Waals surface area contributed by atoms with Gasteiger partial charge in [0, 0.05) is 0 Å². The van der Waals surface area contributed by atoms with E-state index in [0.29, 0.717) is 26.1 Å². The lowest BCUT2D eigenvalue weighted by atomic mass is 9.82. The van der Waals surface area contributed by atoms with Crippen LogP contribution in [0.2, 0.25) is 0 Å². The van der Waals surface area contributed by atoms with Crippen molar-refractivity contribution >= 4 is 11.9 Å². The zero-order chi connectivity index (χ0) is 26.7. The molecule has 0 amide bonds. The van der Waals surface area contributed by atoms with Gasteiger partial charge in [0.05, 0.1) is 13.2 Å². The van der Waals surface area contributed by atoms with E-state index in [9.17, 15) is 9.59 Å². The summed E-state index contributed by atoms with van der Waals surface area (Å²) >= 11 is 0. The molecule has 0 atom stereocenters. The van der Waals surface area contributed by atoms with Gasteiger partial charge in [0.15, 0.2) is 5.41 Å². The topological polar surface area (TPSA) is 52.6 Å². The monoisotopic (exact) mass is 510 g/mol. The largest absolute Gasteiger partial charge is 0.465 e. The highest BCUT2D eigenvalue weighted by molar-refractivity contribution is 5.99. The van der Waals surface area contributed by atoms with Crippen LogP contribution in [0.1, 0.15) is 175 Å². The molecule has 0 heterocycles. The third-order valence-corrected chi connectivity index (χ3v) is 7.70. The van der Waals surface area contributed by atoms with E-state index < -0.39 is 17.4 Å². The van der Waals surface area contributed by atoms with Crippen LogP contribution >= 0.6 is 0 Å². The Morgan fingerprint density at radius 3 is 0.917 bits per heavy atom. The van der Waals surface area contributed by atoms with Gasteiger partial charge in [-0.05, 0) is 25.7 Å². The first-order chi connectivity index (χ1) is 17.6. The van der Waals surface area contributed by atoms with Gasteiger partial charge in [-0.3, -0.25) is 9.59 Å². The van der Waals surface area contributed by atoms with Gasteiger partial charge < -0.3 is 9.47 Å². The van der Waals surface area contributed by atoms with Crippen molar-refractivity contribution in [3.8, 4) is 0 Å². The Kier molecular flexibility index (Phi) is 24.8. The van der Waals surface area contributed by atoms with Crippen LogP contribution in [0.4, 0.5) is 0 Å². The molecule has 0 aromatic rings. The van der Waals surface area contributed by atoms with Gasteiger partial charge in [0.25, 0.3) is 0 Å². The van der Waals surface area contributed by atoms with Gasteiger partial charge >= 0.3 is 11.9 Å². The molecular formula is C32H62O4. The lowest BCUT2D eigenvalue weighted by molar-refractivity contribution is -0.173. The second-order valence-electron chi connectivity index (χ2n) is 10.8. The predicted octanol–water partition coefficient (Wildman–Crippen LogP) is 10.1. The van der Waals surface area contributed by atoms with Gasteiger partial charge in [-0.1, -0.05) is 150 Å². The maximum atomic E-state index is 12.8. The van der Waals surface area contributed by atoms with Crippen LogP contribution in [-0.2, 0) is 19.1 Å². The van der Waals surface area contributed by atoms with Crippen molar-refractivity contribution in [1.82, 2.24) is 0 Å². The fourth-order valence-corrected chi connectivity index (χ4v) is 4.87. The molecule has 0 aromatic carbocycles. The Balaban J connectivity index is 3.93. The standard InChI is InChI=1S/C32H62O4/c1-5-9-11-13-15-17-19-21-23-25-27-29-36-31(34)32(7-3,8-4)30(33)35-28-26-24-22-20-18-16-14-12-10-6-2/h5-29H2,1-4H3. The lowest BCUT2D eigenvalue weighted by Gasteiger charge is -2.27. The third kappa shape index (κ3) is 17.4. The number of rotatable bonds is 27. The molecular weight excluding hydrogens is 448 g/mol. The molecule has 4 heteroatoms. The van der Waals surface area contributed by atoms with Crippen molar-refractivity contribution in [2.24, 2.45) is 5.41 Å². The summed E-state index contributed by atoms with van der Waals surface area (Å²) in [7, 11) is 0. The highest BCUT2D eigenvalue weighted by Crippen LogP contribution is 2.30. The molecule has 0 rings (SSSR count). The third-order valence-electron chi connectivity index (χ3n) is 7.70. The van der Waals surface area contributed by atoms with Crippen LogP contribution in [0.5, 0.6) is 0 Å². The molecule has 0 aliphatic carbocycles. The Bertz CT molecular complexity index is 498. The predicted molar refractivity (Wildman–Crippen MR) is 153 cm³/mol. The molecule has 36 heavy (non-hydrogen) atoms. The van der Waals surface area contributed by atoms with Crippen LogP contribution in [0.3, 0.4) is 0 Å². The Morgan fingerprint density at radius 1 is 0.417 bits per heavy atom. The highest BCUT2D eigenvalue weighted by Gasteiger charge is 2.45. The van der Waals surface area contributed by atoms with E-state index in [1.165, 1.54) is 109 Å². The second kappa shape index (κ2) is 25.6. The van der Waals surface area contributed by atoms with Crippen LogP contribution in [0.25, 0.3) is 0 Å². The van der Waals surface area contributed by atoms with E-state index >= 15 is 0 Å². The molecule has 4 nitrogen and oxygen atoms in total. The van der Waals surface area contributed by atoms with Gasteiger partial charge in [-0.15, -0.1) is 0 Å². The van der Waals surface area contributed by atoms with Gasteiger partial charge in [0.1, 0.15) is 0 Å². The number of hydrogen-bond acceptors (Lipinski definition) is 4. The van der Waals surface area contributed by atoms with Crippen LogP contribution in [-0.4, -0.2) is 25.2 Å². The Labute approximate surface area is 225 Å².